The highest BCUT2D eigenvalue weighted by atomic mass is 32.1. The van der Waals surface area contributed by atoms with Crippen LogP contribution in [0.25, 0.3) is 22.2 Å². The van der Waals surface area contributed by atoms with E-state index < -0.39 is 0 Å². The lowest BCUT2D eigenvalue weighted by Crippen LogP contribution is -2.48. The van der Waals surface area contributed by atoms with Crippen molar-refractivity contribution in [1.29, 1.82) is 0 Å². The Labute approximate surface area is 184 Å². The van der Waals surface area contributed by atoms with Gasteiger partial charge in [-0.25, -0.2) is 4.98 Å². The summed E-state index contributed by atoms with van der Waals surface area (Å²) in [7, 11) is 0. The predicted octanol–water partition coefficient (Wildman–Crippen LogP) is 3.76. The number of para-hydroxylation sites is 1. The number of phenols is 1. The lowest BCUT2D eigenvalue weighted by Gasteiger charge is -2.35. The zero-order valence-electron chi connectivity index (χ0n) is 16.9. The van der Waals surface area contributed by atoms with Crippen molar-refractivity contribution in [1.82, 2.24) is 14.9 Å². The van der Waals surface area contributed by atoms with Crippen molar-refractivity contribution in [2.45, 2.75) is 0 Å². The number of anilines is 2. The molecule has 1 aliphatic heterocycles. The summed E-state index contributed by atoms with van der Waals surface area (Å²) in [6.45, 7) is 3.67. The number of aromatic amines is 1. The van der Waals surface area contributed by atoms with Gasteiger partial charge in [0, 0.05) is 59.9 Å². The molecule has 0 atom stereocenters. The summed E-state index contributed by atoms with van der Waals surface area (Å²) >= 11 is 1.44. The van der Waals surface area contributed by atoms with Crippen LogP contribution >= 0.6 is 11.3 Å². The topological polar surface area (TPSA) is 84.5 Å². The summed E-state index contributed by atoms with van der Waals surface area (Å²) in [5.41, 5.74) is 4.06. The van der Waals surface area contributed by atoms with Crippen molar-refractivity contribution in [2.75, 3.05) is 42.9 Å². The van der Waals surface area contributed by atoms with Gasteiger partial charge in [0.1, 0.15) is 5.75 Å². The summed E-state index contributed by atoms with van der Waals surface area (Å²) in [4.78, 5) is 24.8. The average molecular weight is 434 g/mol. The third-order valence-corrected chi connectivity index (χ3v) is 6.33. The highest BCUT2D eigenvalue weighted by Gasteiger charge is 2.20. The molecule has 1 aliphatic rings. The van der Waals surface area contributed by atoms with Crippen LogP contribution in [0, 0.1) is 0 Å². The van der Waals surface area contributed by atoms with Crippen LogP contribution in [-0.2, 0) is 4.79 Å². The number of nitrogens with zero attached hydrogens (tertiary/aromatic N) is 3. The molecule has 5 rings (SSSR count). The fourth-order valence-electron chi connectivity index (χ4n) is 3.93. The smallest absolute Gasteiger partial charge is 0.240 e. The highest BCUT2D eigenvalue weighted by Crippen LogP contribution is 2.31. The molecule has 1 amide bonds. The number of thiazole rings is 1. The van der Waals surface area contributed by atoms with E-state index in [9.17, 15) is 9.90 Å². The first kappa shape index (κ1) is 19.6. The molecule has 2 aromatic heterocycles. The molecule has 0 spiro atoms. The molecule has 31 heavy (non-hydrogen) atoms. The molecule has 8 heteroatoms. The lowest BCUT2D eigenvalue weighted by atomic mass is 10.1. The van der Waals surface area contributed by atoms with Gasteiger partial charge in [-0.2, -0.15) is 0 Å². The number of carbonyl (C=O) groups is 1. The van der Waals surface area contributed by atoms with Gasteiger partial charge >= 0.3 is 0 Å². The van der Waals surface area contributed by atoms with Crippen LogP contribution in [0.5, 0.6) is 5.75 Å². The molecule has 2 aromatic carbocycles. The minimum absolute atomic E-state index is 0.0436. The maximum absolute atomic E-state index is 12.5. The lowest BCUT2D eigenvalue weighted by molar-refractivity contribution is -0.117. The Morgan fingerprint density at radius 3 is 2.68 bits per heavy atom. The molecule has 0 aliphatic carbocycles. The number of aromatic hydroxyl groups is 1. The van der Waals surface area contributed by atoms with E-state index in [1.165, 1.54) is 11.3 Å². The minimum atomic E-state index is -0.0436. The number of hydrogen-bond donors (Lipinski definition) is 3. The van der Waals surface area contributed by atoms with Gasteiger partial charge in [-0.3, -0.25) is 9.69 Å². The molecule has 1 saturated heterocycles. The van der Waals surface area contributed by atoms with Gasteiger partial charge in [0.15, 0.2) is 5.13 Å². The Bertz CT molecular complexity index is 1190. The van der Waals surface area contributed by atoms with Crippen LogP contribution in [0.1, 0.15) is 0 Å². The molecular weight excluding hydrogens is 410 g/mol. The molecule has 0 radical (unpaired) electrons. The Morgan fingerprint density at radius 2 is 1.87 bits per heavy atom. The van der Waals surface area contributed by atoms with Gasteiger partial charge in [-0.05, 0) is 30.3 Å². The molecule has 0 saturated carbocycles. The van der Waals surface area contributed by atoms with Crippen LogP contribution in [0.2, 0.25) is 0 Å². The summed E-state index contributed by atoms with van der Waals surface area (Å²) in [6.07, 6.45) is 1.96. The van der Waals surface area contributed by atoms with Crippen molar-refractivity contribution in [3.63, 3.8) is 0 Å². The Hall–Kier alpha value is -3.36. The quantitative estimate of drug-likeness (QED) is 0.446. The predicted molar refractivity (Wildman–Crippen MR) is 125 cm³/mol. The molecule has 0 bridgehead atoms. The zero-order chi connectivity index (χ0) is 21.2. The van der Waals surface area contributed by atoms with E-state index in [2.05, 4.69) is 31.2 Å². The maximum Gasteiger partial charge on any atom is 0.240 e. The molecule has 1 fully saturated rings. The van der Waals surface area contributed by atoms with E-state index in [0.29, 0.717) is 11.7 Å². The molecular formula is C23H23N5O2S. The number of benzene rings is 2. The number of hydrogen-bond acceptors (Lipinski definition) is 6. The zero-order valence-corrected chi connectivity index (χ0v) is 17.7. The van der Waals surface area contributed by atoms with Crippen LogP contribution in [0.4, 0.5) is 10.8 Å². The molecule has 3 N–H and O–H groups in total. The van der Waals surface area contributed by atoms with Gasteiger partial charge in [0.25, 0.3) is 0 Å². The van der Waals surface area contributed by atoms with Gasteiger partial charge in [0.2, 0.25) is 5.91 Å². The van der Waals surface area contributed by atoms with Crippen LogP contribution in [0.3, 0.4) is 0 Å². The Kier molecular flexibility index (Phi) is 5.31. The Balaban J connectivity index is 1.16. The van der Waals surface area contributed by atoms with Crippen molar-refractivity contribution < 1.29 is 9.90 Å². The minimum Gasteiger partial charge on any atom is -0.508 e. The van der Waals surface area contributed by atoms with Crippen molar-refractivity contribution in [3.8, 4) is 17.0 Å². The van der Waals surface area contributed by atoms with Crippen molar-refractivity contribution in [2.24, 2.45) is 0 Å². The molecule has 4 aromatic rings. The van der Waals surface area contributed by atoms with Gasteiger partial charge in [-0.1, -0.05) is 18.2 Å². The SMILES string of the molecule is O=C(CN1CCN(c2ccc(O)cc2)CC1)Nc1nc(-c2c[nH]c3ccccc23)cs1. The van der Waals surface area contributed by atoms with Crippen LogP contribution in [0.15, 0.2) is 60.1 Å². The first-order chi connectivity index (χ1) is 15.2. The van der Waals surface area contributed by atoms with Crippen LogP contribution < -0.4 is 10.2 Å². The molecule has 7 nitrogen and oxygen atoms in total. The van der Waals surface area contributed by atoms with Crippen molar-refractivity contribution in [3.05, 3.63) is 60.1 Å². The third-order valence-electron chi connectivity index (χ3n) is 5.57. The van der Waals surface area contributed by atoms with E-state index in [1.807, 2.05) is 41.9 Å². The number of carbonyl (C=O) groups excluding carboxylic acids is 1. The van der Waals surface area contributed by atoms with E-state index in [4.69, 9.17) is 0 Å². The van der Waals surface area contributed by atoms with E-state index in [0.717, 1.165) is 54.0 Å². The number of phenolic OH excluding ortho intramolecular Hbond substituents is 1. The van der Waals surface area contributed by atoms with Gasteiger partial charge < -0.3 is 20.3 Å². The van der Waals surface area contributed by atoms with E-state index in [1.54, 1.807) is 12.1 Å². The molecule has 3 heterocycles. The second kappa shape index (κ2) is 8.41. The monoisotopic (exact) mass is 433 g/mol. The third kappa shape index (κ3) is 4.26. The summed E-state index contributed by atoms with van der Waals surface area (Å²) in [6, 6.07) is 15.4. The fraction of sp³-hybridized carbons (Fsp3) is 0.217. The van der Waals surface area contributed by atoms with E-state index >= 15 is 0 Å². The summed E-state index contributed by atoms with van der Waals surface area (Å²) in [5.74, 6) is 0.229. The summed E-state index contributed by atoms with van der Waals surface area (Å²) < 4.78 is 0. The first-order valence-electron chi connectivity index (χ1n) is 10.2. The Morgan fingerprint density at radius 1 is 1.10 bits per heavy atom. The average Bonchev–Trinajstić information content (AvgIpc) is 3.41. The fourth-order valence-corrected chi connectivity index (χ4v) is 4.65. The highest BCUT2D eigenvalue weighted by molar-refractivity contribution is 7.14. The van der Waals surface area contributed by atoms with Crippen molar-refractivity contribution >= 4 is 39.0 Å². The first-order valence-corrected chi connectivity index (χ1v) is 11.1. The number of piperazine rings is 1. The largest absolute Gasteiger partial charge is 0.508 e. The molecule has 158 valence electrons. The second-order valence-corrected chi connectivity index (χ2v) is 8.47. The number of H-pyrrole nitrogens is 1. The van der Waals surface area contributed by atoms with Gasteiger partial charge in [0.05, 0.1) is 12.2 Å². The van der Waals surface area contributed by atoms with Gasteiger partial charge in [-0.15, -0.1) is 11.3 Å². The number of rotatable bonds is 5. The second-order valence-electron chi connectivity index (χ2n) is 7.61. The maximum atomic E-state index is 12.5. The molecule has 0 unspecified atom stereocenters. The van der Waals surface area contributed by atoms with Crippen LogP contribution in [-0.4, -0.2) is 58.6 Å². The van der Waals surface area contributed by atoms with E-state index in [-0.39, 0.29) is 11.7 Å². The normalized spacial score (nSPS) is 14.8. The summed E-state index contributed by atoms with van der Waals surface area (Å²) in [5, 5.41) is 16.1. The number of amides is 1. The number of nitrogens with one attached hydrogen (secondary N) is 2. The number of fused-ring (bicyclic) bond motifs is 1. The standard InChI is InChI=1S/C23H23N5O2S/c29-17-7-5-16(6-8-17)28-11-9-27(10-12-28)14-22(30)26-23-25-21(15-31-23)19-13-24-20-4-2-1-3-18(19)20/h1-8,13,15,24,29H,9-12,14H2,(H,25,26,30). The number of aromatic nitrogens is 2.